The number of carboxylic acid groups (broad SMARTS) is 4. The Morgan fingerprint density at radius 2 is 0.600 bits per heavy atom. The van der Waals surface area contributed by atoms with E-state index in [9.17, 15) is 0 Å². The van der Waals surface area contributed by atoms with E-state index in [1.54, 1.807) is 0 Å². The molecule has 0 amide bonds. The molecule has 8 nitrogen and oxygen atoms in total. The van der Waals surface area contributed by atoms with Crippen LogP contribution in [0.5, 0.6) is 0 Å². The summed E-state index contributed by atoms with van der Waals surface area (Å²) < 4.78 is 0. The maximum absolute atomic E-state index is 8.93. The van der Waals surface area contributed by atoms with Crippen molar-refractivity contribution in [3.05, 3.63) is 0 Å². The van der Waals surface area contributed by atoms with Gasteiger partial charge >= 0.3 is 122 Å². The van der Waals surface area contributed by atoms with E-state index in [4.69, 9.17) is 39.6 Å². The number of rotatable bonds is 0. The Morgan fingerprint density at radius 1 is 0.533 bits per heavy atom. The van der Waals surface area contributed by atoms with Crippen LogP contribution in [0.1, 0.15) is 0 Å². The van der Waals surface area contributed by atoms with Gasteiger partial charge in [0, 0.05) is 0 Å². The zero-order chi connectivity index (χ0) is 10.3. The first-order valence-electron chi connectivity index (χ1n) is 2.13. The second-order valence-corrected chi connectivity index (χ2v) is 1.15. The molecule has 0 bridgehead atoms. The summed E-state index contributed by atoms with van der Waals surface area (Å²) in [5, 5.41) is 35.7. The summed E-state index contributed by atoms with van der Waals surface area (Å²) in [6.07, 6.45) is 0. The van der Waals surface area contributed by atoms with Crippen LogP contribution in [0.15, 0.2) is 0 Å². The molecule has 0 aliphatic carbocycles. The minimum Gasteiger partial charge on any atom is -0.543 e. The van der Waals surface area contributed by atoms with Crippen LogP contribution in [0.4, 0.5) is 0 Å². The van der Waals surface area contributed by atoms with E-state index in [-0.39, 0.29) is 122 Å². The van der Waals surface area contributed by atoms with Crippen LogP contribution in [0.25, 0.3) is 0 Å². The fourth-order valence-electron chi connectivity index (χ4n) is 0. The van der Waals surface area contributed by atoms with Gasteiger partial charge in [-0.1, -0.05) is 0 Å². The van der Waals surface area contributed by atoms with Crippen LogP contribution in [0.2, 0.25) is 0 Å². The summed E-state index contributed by atoms with van der Waals surface area (Å²) in [6, 6.07) is 0. The van der Waals surface area contributed by atoms with Crippen LogP contribution < -0.4 is 123 Å². The monoisotopic (exact) mass is 318 g/mol. The summed E-state index contributed by atoms with van der Waals surface area (Å²) >= 11 is 0. The first-order chi connectivity index (χ1) is 5.29. The van der Waals surface area contributed by atoms with Gasteiger partial charge in [0.25, 0.3) is 0 Å². The van der Waals surface area contributed by atoms with E-state index >= 15 is 0 Å². The van der Waals surface area contributed by atoms with Gasteiger partial charge in [0.2, 0.25) is 0 Å². The molecule has 0 fully saturated rings. The van der Waals surface area contributed by atoms with E-state index < -0.39 is 23.9 Å². The van der Waals surface area contributed by atoms with E-state index in [0.29, 0.717) is 0 Å². The molecule has 0 saturated heterocycles. The number of carbonyl (C=O) groups excluding carboxylic acids is 4. The molecular weight excluding hydrogens is 320 g/mol. The quantitative estimate of drug-likeness (QED) is 0.314. The molecule has 0 saturated carbocycles. The molecule has 0 rings (SSSR count). The van der Waals surface area contributed by atoms with Crippen LogP contribution in [0.3, 0.4) is 0 Å². The minimum atomic E-state index is -2.19. The van der Waals surface area contributed by atoms with Crippen LogP contribution in [-0.2, 0) is 38.7 Å². The van der Waals surface area contributed by atoms with Crippen molar-refractivity contribution in [3.63, 3.8) is 0 Å². The van der Waals surface area contributed by atoms with Crippen molar-refractivity contribution >= 4 is 23.9 Å². The standard InChI is InChI=1S/2C2H2O4.2K.Zn/c2*3-1(4)2(5)6;;;/h2*(H,3,4)(H,5,6);;;/q;;2*+1;+2/p-4. The van der Waals surface area contributed by atoms with Crippen molar-refractivity contribution in [1.82, 2.24) is 0 Å². The third-order valence-electron chi connectivity index (χ3n) is 0.333. The smallest absolute Gasteiger partial charge is 0.543 e. The van der Waals surface area contributed by atoms with Gasteiger partial charge < -0.3 is 39.6 Å². The van der Waals surface area contributed by atoms with Gasteiger partial charge in [-0.05, 0) is 0 Å². The van der Waals surface area contributed by atoms with Gasteiger partial charge in [-0.15, -0.1) is 0 Å². The normalized spacial score (nSPS) is 5.87. The second-order valence-electron chi connectivity index (χ2n) is 1.15. The van der Waals surface area contributed by atoms with Crippen molar-refractivity contribution in [1.29, 1.82) is 0 Å². The molecule has 0 aromatic carbocycles. The summed E-state index contributed by atoms with van der Waals surface area (Å²) in [7, 11) is 0. The maximum Gasteiger partial charge on any atom is 2.00 e. The van der Waals surface area contributed by atoms with Gasteiger partial charge in [-0.3, -0.25) is 0 Å². The zero-order valence-electron chi connectivity index (χ0n) is 7.97. The van der Waals surface area contributed by atoms with Gasteiger partial charge in [0.05, 0.1) is 23.9 Å². The fourth-order valence-corrected chi connectivity index (χ4v) is 0. The third kappa shape index (κ3) is 31.3. The molecule has 0 atom stereocenters. The Balaban J connectivity index is -0.0000000370. The molecule has 0 aromatic rings. The second kappa shape index (κ2) is 18.1. The number of carbonyl (C=O) groups is 4. The molecule has 0 aliphatic heterocycles. The van der Waals surface area contributed by atoms with E-state index in [0.717, 1.165) is 0 Å². The van der Waals surface area contributed by atoms with Gasteiger partial charge in [0.15, 0.2) is 0 Å². The van der Waals surface area contributed by atoms with Crippen LogP contribution in [-0.4, -0.2) is 23.9 Å². The molecule has 0 unspecified atom stereocenters. The molecular formula is C4K2O8Zn. The largest absolute Gasteiger partial charge is 2.00 e. The van der Waals surface area contributed by atoms with Crippen LogP contribution >= 0.6 is 0 Å². The predicted octanol–water partition coefficient (Wildman–Crippen LogP) is -13.0. The van der Waals surface area contributed by atoms with E-state index in [2.05, 4.69) is 0 Å². The van der Waals surface area contributed by atoms with Gasteiger partial charge in [-0.25, -0.2) is 0 Å². The number of hydrogen-bond donors (Lipinski definition) is 0. The van der Waals surface area contributed by atoms with Gasteiger partial charge in [-0.2, -0.15) is 0 Å². The molecule has 15 heavy (non-hydrogen) atoms. The molecule has 0 aromatic heterocycles. The molecule has 68 valence electrons. The van der Waals surface area contributed by atoms with E-state index in [1.807, 2.05) is 0 Å². The fraction of sp³-hybridized carbons (Fsp3) is 0. The molecule has 11 heteroatoms. The average molecular weight is 320 g/mol. The topological polar surface area (TPSA) is 161 Å². The first-order valence-corrected chi connectivity index (χ1v) is 2.13. The molecule has 0 spiro atoms. The number of hydrogen-bond acceptors (Lipinski definition) is 8. The Morgan fingerprint density at radius 3 is 0.600 bits per heavy atom. The summed E-state index contributed by atoms with van der Waals surface area (Å²) in [5.74, 6) is -8.74. The molecule has 0 aliphatic rings. The van der Waals surface area contributed by atoms with Crippen molar-refractivity contribution in [2.24, 2.45) is 0 Å². The summed E-state index contributed by atoms with van der Waals surface area (Å²) in [4.78, 5) is 35.7. The van der Waals surface area contributed by atoms with Crippen molar-refractivity contribution in [3.8, 4) is 0 Å². The van der Waals surface area contributed by atoms with Crippen molar-refractivity contribution < 1.29 is 162 Å². The zero-order valence-corrected chi connectivity index (χ0v) is 17.2. The molecule has 0 radical (unpaired) electrons. The Kier molecular flexibility index (Phi) is 36.4. The SMILES string of the molecule is O=C([O-])C(=O)[O-].O=C([O-])C(=O)[O-].[K+].[K+].[Zn+2]. The number of carboxylic acids is 4. The first kappa shape index (κ1) is 30.1. The van der Waals surface area contributed by atoms with Crippen molar-refractivity contribution in [2.75, 3.05) is 0 Å². The average Bonchev–Trinajstić information content (AvgIpc) is 1.88. The Hall–Kier alpha value is 1.78. The summed E-state index contributed by atoms with van der Waals surface area (Å²) in [5.41, 5.74) is 0. The third-order valence-corrected chi connectivity index (χ3v) is 0.333. The van der Waals surface area contributed by atoms with Crippen LogP contribution in [0, 0.1) is 0 Å². The van der Waals surface area contributed by atoms with E-state index in [1.165, 1.54) is 0 Å². The molecule has 0 heterocycles. The Labute approximate surface area is 181 Å². The predicted molar refractivity (Wildman–Crippen MR) is 20.0 cm³/mol. The minimum absolute atomic E-state index is 0. The Bertz CT molecular complexity index is 181. The maximum atomic E-state index is 8.93. The number of aliphatic carboxylic acids is 4. The van der Waals surface area contributed by atoms with Crippen molar-refractivity contribution in [2.45, 2.75) is 0 Å². The summed E-state index contributed by atoms with van der Waals surface area (Å²) in [6.45, 7) is 0. The molecule has 0 N–H and O–H groups in total. The van der Waals surface area contributed by atoms with Gasteiger partial charge in [0.1, 0.15) is 0 Å².